The molecule has 2 heterocycles. The van der Waals surface area contributed by atoms with Crippen LogP contribution in [0.3, 0.4) is 0 Å². The number of aromatic nitrogens is 4. The number of imidazole rings is 2. The van der Waals surface area contributed by atoms with Gasteiger partial charge in [-0.25, -0.2) is 9.97 Å². The van der Waals surface area contributed by atoms with Gasteiger partial charge in [0.2, 0.25) is 0 Å². The van der Waals surface area contributed by atoms with Gasteiger partial charge in [0.05, 0.1) is 22.1 Å². The van der Waals surface area contributed by atoms with Gasteiger partial charge in [0.1, 0.15) is 11.6 Å². The molecule has 2 aromatic heterocycles. The Labute approximate surface area is 732 Å². The second-order valence-corrected chi connectivity index (χ2v) is 32.9. The van der Waals surface area contributed by atoms with Crippen molar-refractivity contribution in [2.45, 2.75) is 12.8 Å². The number of para-hydroxylation sites is 5. The number of hydrogen-bond donors (Lipinski definition) is 0. The summed E-state index contributed by atoms with van der Waals surface area (Å²) in [7, 11) is 0. The number of benzene rings is 21. The van der Waals surface area contributed by atoms with E-state index >= 15 is 0 Å². The van der Waals surface area contributed by atoms with Crippen molar-refractivity contribution in [3.63, 3.8) is 0 Å². The minimum absolute atomic E-state index is 0.172. The van der Waals surface area contributed by atoms with E-state index in [4.69, 9.17) is 9.97 Å². The Balaban J connectivity index is 0.647. The summed E-state index contributed by atoms with van der Waals surface area (Å²) in [4.78, 5) is 11.0. The highest BCUT2D eigenvalue weighted by molar-refractivity contribution is 6.23. The van der Waals surface area contributed by atoms with Crippen LogP contribution < -0.4 is 0 Å². The van der Waals surface area contributed by atoms with Crippen molar-refractivity contribution < 1.29 is 0 Å². The molecule has 0 radical (unpaired) electrons. The van der Waals surface area contributed by atoms with Crippen LogP contribution in [0.25, 0.3) is 221 Å². The van der Waals surface area contributed by atoms with Gasteiger partial charge in [0, 0.05) is 22.9 Å². The lowest BCUT2D eigenvalue weighted by molar-refractivity contribution is 0.798. The predicted octanol–water partition coefficient (Wildman–Crippen LogP) is 32.8. The first-order valence-corrected chi connectivity index (χ1v) is 43.5. The highest BCUT2D eigenvalue weighted by atomic mass is 15.1. The SMILES string of the molecule is CC(c1cccc(-c2cc(-c3ccccc3)cc(-c3ccccc3)c2-c2cccc(-c3c4ccccc4c(-c4cccc(-c5nc6ccccc6n5-c5ccccc5)c4)c4ccccc34)c2)c1)c1nc2ccccc2n1-c1cccc(-c2c3ccccc3c(-c3cccc(-c4c(-c5ccccc5)cc(-c5ccccc5)cc4-c4ccccc4)c3)c3ccccc23)c1. The molecule has 4 nitrogen and oxygen atoms in total. The number of rotatable bonds is 17. The third-order valence-corrected chi connectivity index (χ3v) is 25.5. The zero-order valence-electron chi connectivity index (χ0n) is 69.4. The van der Waals surface area contributed by atoms with Gasteiger partial charge < -0.3 is 0 Å². The van der Waals surface area contributed by atoms with Crippen LogP contribution >= 0.6 is 0 Å². The third-order valence-electron chi connectivity index (χ3n) is 25.5. The molecular weight excluding hydrogens is 1520 g/mol. The first kappa shape index (κ1) is 74.6. The maximum absolute atomic E-state index is 5.68. The zero-order chi connectivity index (χ0) is 83.5. The summed E-state index contributed by atoms with van der Waals surface area (Å²) in [6.07, 6.45) is 0. The van der Waals surface area contributed by atoms with Gasteiger partial charge >= 0.3 is 0 Å². The van der Waals surface area contributed by atoms with Crippen LogP contribution in [-0.2, 0) is 0 Å². The van der Waals surface area contributed by atoms with E-state index in [9.17, 15) is 0 Å². The molecule has 23 aromatic rings. The molecule has 0 N–H and O–H groups in total. The van der Waals surface area contributed by atoms with Gasteiger partial charge in [-0.15, -0.1) is 0 Å². The molecule has 23 rings (SSSR count). The number of nitrogens with zero attached hydrogens (tertiary/aromatic N) is 4. The molecule has 0 amide bonds. The second kappa shape index (κ2) is 31.9. The summed E-state index contributed by atoms with van der Waals surface area (Å²) >= 11 is 0. The first-order chi connectivity index (χ1) is 62.4. The Kier molecular flexibility index (Phi) is 18.9. The quantitative estimate of drug-likeness (QED) is 0.0852. The Morgan fingerprint density at radius 1 is 0.183 bits per heavy atom. The van der Waals surface area contributed by atoms with Gasteiger partial charge in [-0.1, -0.05) is 389 Å². The maximum Gasteiger partial charge on any atom is 0.145 e. The molecule has 0 saturated carbocycles. The van der Waals surface area contributed by atoms with Crippen molar-refractivity contribution in [1.82, 2.24) is 19.1 Å². The Morgan fingerprint density at radius 3 is 0.873 bits per heavy atom. The van der Waals surface area contributed by atoms with E-state index in [1.54, 1.807) is 0 Å². The fourth-order valence-corrected chi connectivity index (χ4v) is 19.8. The Morgan fingerprint density at radius 2 is 0.460 bits per heavy atom. The van der Waals surface area contributed by atoms with Crippen molar-refractivity contribution in [3.05, 3.63) is 485 Å². The van der Waals surface area contributed by atoms with E-state index in [0.29, 0.717) is 0 Å². The fourth-order valence-electron chi connectivity index (χ4n) is 19.8. The molecule has 0 saturated heterocycles. The van der Waals surface area contributed by atoms with Crippen molar-refractivity contribution in [2.75, 3.05) is 0 Å². The molecule has 4 heteroatoms. The van der Waals surface area contributed by atoms with Crippen molar-refractivity contribution in [2.24, 2.45) is 0 Å². The monoisotopic (exact) mass is 1600 g/mol. The van der Waals surface area contributed by atoms with Crippen LogP contribution in [-0.4, -0.2) is 19.1 Å². The van der Waals surface area contributed by atoms with E-state index in [-0.39, 0.29) is 5.92 Å². The predicted molar refractivity (Wildman–Crippen MR) is 530 cm³/mol. The molecule has 0 fully saturated rings. The molecule has 126 heavy (non-hydrogen) atoms. The molecule has 21 aromatic carbocycles. The average Bonchev–Trinajstić information content (AvgIpc) is 0.793. The van der Waals surface area contributed by atoms with Crippen molar-refractivity contribution >= 4 is 65.2 Å². The highest BCUT2D eigenvalue weighted by Crippen LogP contribution is 2.52. The molecule has 0 bridgehead atoms. The summed E-state index contributed by atoms with van der Waals surface area (Å²) in [6.45, 7) is 2.33. The summed E-state index contributed by atoms with van der Waals surface area (Å²) in [5.74, 6) is 1.68. The van der Waals surface area contributed by atoms with E-state index < -0.39 is 0 Å². The van der Waals surface area contributed by atoms with Crippen LogP contribution in [0.4, 0.5) is 0 Å². The average molecular weight is 1600 g/mol. The molecular formula is C122H82N4. The number of hydrogen-bond acceptors (Lipinski definition) is 2. The lowest BCUT2D eigenvalue weighted by atomic mass is 9.82. The van der Waals surface area contributed by atoms with E-state index in [1.165, 1.54) is 104 Å². The van der Waals surface area contributed by atoms with Crippen LogP contribution in [0.5, 0.6) is 0 Å². The van der Waals surface area contributed by atoms with Crippen LogP contribution in [0, 0.1) is 0 Å². The van der Waals surface area contributed by atoms with Gasteiger partial charge in [-0.2, -0.15) is 0 Å². The molecule has 0 aliphatic heterocycles. The topological polar surface area (TPSA) is 35.6 Å². The standard InChI is InChI=1S/C122H82N4/c1-80(121-123-111-67-28-31-70-114(111)126(121)98-58-36-54-93(75-98)118-105-65-26-24-63-103(105)116(104-64-25-27-66-106(104)118)88-49-33-51-90(72-88)119-107(83-41-12-4-13-42-83)76-95(81-37-8-2-9-38-81)77-108(119)84-43-14-5-15-44-84)86-47-32-48-87(71-86)110-79-96(82-39-10-3-11-40-82)78-109(85-45-16-6-17-46-85)120(110)91-52-34-50-89(73-91)115-99-59-20-22-61-101(99)117(102-62-23-21-60-100(102)115)92-53-35-55-94(74-92)122-124-112-68-29-30-69-113(112)125(122)97-56-18-7-19-57-97/h2-80H,1H3. The first-order valence-electron chi connectivity index (χ1n) is 43.5. The van der Waals surface area contributed by atoms with Crippen LogP contribution in [0.1, 0.15) is 24.2 Å². The van der Waals surface area contributed by atoms with Crippen LogP contribution in [0.15, 0.2) is 473 Å². The minimum atomic E-state index is -0.172. The van der Waals surface area contributed by atoms with Gasteiger partial charge in [0.25, 0.3) is 0 Å². The molecule has 0 spiro atoms. The molecule has 1 unspecified atom stereocenters. The smallest absolute Gasteiger partial charge is 0.145 e. The van der Waals surface area contributed by atoms with Gasteiger partial charge in [-0.3, -0.25) is 9.13 Å². The molecule has 0 aliphatic carbocycles. The summed E-state index contributed by atoms with van der Waals surface area (Å²) in [5.41, 5.74) is 36.1. The largest absolute Gasteiger partial charge is 0.296 e. The number of fused-ring (bicyclic) bond motifs is 6. The van der Waals surface area contributed by atoms with Crippen LogP contribution in [0.2, 0.25) is 0 Å². The molecule has 1 atom stereocenters. The maximum atomic E-state index is 5.68. The fraction of sp³-hybridized carbons (Fsp3) is 0.0164. The summed E-state index contributed by atoms with van der Waals surface area (Å²) in [6, 6.07) is 174. The van der Waals surface area contributed by atoms with E-state index in [0.717, 1.165) is 129 Å². The van der Waals surface area contributed by atoms with Gasteiger partial charge in [-0.05, 0) is 273 Å². The second-order valence-electron chi connectivity index (χ2n) is 32.9. The summed E-state index contributed by atoms with van der Waals surface area (Å²) < 4.78 is 4.71. The Bertz CT molecular complexity index is 7950. The molecule has 590 valence electrons. The third kappa shape index (κ3) is 13.3. The van der Waals surface area contributed by atoms with E-state index in [2.05, 4.69) is 489 Å². The lowest BCUT2D eigenvalue weighted by Gasteiger charge is -2.22. The normalized spacial score (nSPS) is 11.8. The minimum Gasteiger partial charge on any atom is -0.296 e. The highest BCUT2D eigenvalue weighted by Gasteiger charge is 2.28. The van der Waals surface area contributed by atoms with Crippen molar-refractivity contribution in [3.8, 4) is 156 Å². The zero-order valence-corrected chi connectivity index (χ0v) is 69.4. The summed E-state index contributed by atoms with van der Waals surface area (Å²) in [5, 5.41) is 9.46. The Hall–Kier alpha value is -16.4. The van der Waals surface area contributed by atoms with Gasteiger partial charge in [0.15, 0.2) is 0 Å². The van der Waals surface area contributed by atoms with Crippen molar-refractivity contribution in [1.29, 1.82) is 0 Å². The molecule has 0 aliphatic rings. The van der Waals surface area contributed by atoms with E-state index in [1.807, 2.05) is 0 Å². The lowest BCUT2D eigenvalue weighted by Crippen LogP contribution is -2.07.